The summed E-state index contributed by atoms with van der Waals surface area (Å²) in [6.07, 6.45) is 0.829. The van der Waals surface area contributed by atoms with Gasteiger partial charge in [0.2, 0.25) is 5.91 Å². The number of carbonyl (C=O) groups is 1. The summed E-state index contributed by atoms with van der Waals surface area (Å²) in [4.78, 5) is 12.7. The normalized spacial score (nSPS) is 24.2. The van der Waals surface area contributed by atoms with E-state index in [-0.39, 0.29) is 11.8 Å². The van der Waals surface area contributed by atoms with Gasteiger partial charge in [-0.3, -0.25) is 9.89 Å². The van der Waals surface area contributed by atoms with Crippen LogP contribution in [0.3, 0.4) is 0 Å². The van der Waals surface area contributed by atoms with Gasteiger partial charge < -0.3 is 10.1 Å². The van der Waals surface area contributed by atoms with Crippen molar-refractivity contribution in [1.82, 2.24) is 10.2 Å². The number of halogens is 1. The van der Waals surface area contributed by atoms with Gasteiger partial charge in [-0.2, -0.15) is 5.10 Å². The third-order valence-electron chi connectivity index (χ3n) is 5.26. The number of H-pyrrole nitrogens is 1. The first-order valence-electron chi connectivity index (χ1n) is 7.77. The Balaban J connectivity index is 1.60. The number of aromatic nitrogens is 2. The Morgan fingerprint density at radius 3 is 3.00 bits per heavy atom. The molecule has 5 nitrogen and oxygen atoms in total. The maximum absolute atomic E-state index is 12.7. The molecule has 0 radical (unpaired) electrons. The van der Waals surface area contributed by atoms with Gasteiger partial charge in [-0.05, 0) is 70.5 Å². The number of carbonyl (C=O) groups excluding carboxylic acids is 1. The molecule has 1 aliphatic carbocycles. The second-order valence-corrected chi connectivity index (χ2v) is 7.43. The molecule has 2 N–H and O–H groups in total. The van der Waals surface area contributed by atoms with Gasteiger partial charge in [0.05, 0.1) is 18.0 Å². The fraction of sp³-hybridized carbons (Fsp3) is 0.222. The van der Waals surface area contributed by atoms with Crippen molar-refractivity contribution in [3.05, 3.63) is 51.2 Å². The highest BCUT2D eigenvalue weighted by Crippen LogP contribution is 2.65. The molecule has 1 saturated carbocycles. The highest BCUT2D eigenvalue weighted by atomic mass is 127. The molecule has 2 atom stereocenters. The summed E-state index contributed by atoms with van der Waals surface area (Å²) in [7, 11) is 1.65. The molecule has 2 aromatic carbocycles. The van der Waals surface area contributed by atoms with Gasteiger partial charge in [-0.1, -0.05) is 6.07 Å². The van der Waals surface area contributed by atoms with Crippen LogP contribution in [0.5, 0.6) is 5.75 Å². The van der Waals surface area contributed by atoms with Crippen molar-refractivity contribution in [2.45, 2.75) is 17.8 Å². The topological polar surface area (TPSA) is 67.0 Å². The van der Waals surface area contributed by atoms with E-state index in [9.17, 15) is 4.79 Å². The van der Waals surface area contributed by atoms with E-state index < -0.39 is 5.41 Å². The zero-order valence-corrected chi connectivity index (χ0v) is 15.0. The van der Waals surface area contributed by atoms with Crippen molar-refractivity contribution in [3.63, 3.8) is 0 Å². The molecule has 0 bridgehead atoms. The van der Waals surface area contributed by atoms with Gasteiger partial charge in [-0.15, -0.1) is 0 Å². The molecule has 6 heteroatoms. The number of anilines is 1. The molecular weight excluding hydrogens is 417 g/mol. The molecule has 0 unspecified atom stereocenters. The molecule has 1 aromatic heterocycles. The number of nitrogens with one attached hydrogen (secondary N) is 2. The standard InChI is InChI=1S/C18H14IN3O2/c1-24-10-3-5-14-12(7-10)18(17(23)20-14)8-13(18)9-2-4-11-15(6-9)21-22-16(11)19/h2-7,13H,8H2,1H3,(H,20,23)(H,21,22)/t13-,18-/m1/s1. The number of methoxy groups -OCH3 is 1. The van der Waals surface area contributed by atoms with Crippen LogP contribution in [0.2, 0.25) is 0 Å². The Hall–Kier alpha value is -2.09. The summed E-state index contributed by atoms with van der Waals surface area (Å²) in [6.45, 7) is 0. The second kappa shape index (κ2) is 4.72. The molecule has 120 valence electrons. The van der Waals surface area contributed by atoms with E-state index in [4.69, 9.17) is 4.74 Å². The smallest absolute Gasteiger partial charge is 0.235 e. The molecule has 5 rings (SSSR count). The van der Waals surface area contributed by atoms with E-state index in [2.05, 4.69) is 56.3 Å². The van der Waals surface area contributed by atoms with Gasteiger partial charge in [0.1, 0.15) is 9.45 Å². The molecule has 0 saturated heterocycles. The highest BCUT2D eigenvalue weighted by Gasteiger charge is 2.65. The third-order valence-corrected chi connectivity index (χ3v) is 6.09. The molecule has 24 heavy (non-hydrogen) atoms. The lowest BCUT2D eigenvalue weighted by Gasteiger charge is -2.10. The van der Waals surface area contributed by atoms with Gasteiger partial charge in [0.25, 0.3) is 0 Å². The van der Waals surface area contributed by atoms with E-state index in [1.54, 1.807) is 7.11 Å². The number of amides is 1. The summed E-state index contributed by atoms with van der Waals surface area (Å²) in [6, 6.07) is 12.1. The van der Waals surface area contributed by atoms with Crippen molar-refractivity contribution in [1.29, 1.82) is 0 Å². The van der Waals surface area contributed by atoms with Crippen molar-refractivity contribution >= 4 is 45.1 Å². The van der Waals surface area contributed by atoms with Crippen LogP contribution in [0.15, 0.2) is 36.4 Å². The Bertz CT molecular complexity index is 1010. The zero-order valence-electron chi connectivity index (χ0n) is 12.9. The minimum atomic E-state index is -0.454. The number of ether oxygens (including phenoxy) is 1. The Morgan fingerprint density at radius 2 is 2.17 bits per heavy atom. The molecular formula is C18H14IN3O2. The van der Waals surface area contributed by atoms with Crippen LogP contribution in [0.1, 0.15) is 23.5 Å². The van der Waals surface area contributed by atoms with E-state index in [0.29, 0.717) is 0 Å². The quantitative estimate of drug-likeness (QED) is 0.610. The summed E-state index contributed by atoms with van der Waals surface area (Å²) in [5, 5.41) is 11.4. The minimum absolute atomic E-state index is 0.0926. The van der Waals surface area contributed by atoms with Crippen LogP contribution in [0.4, 0.5) is 5.69 Å². The van der Waals surface area contributed by atoms with Crippen molar-refractivity contribution in [2.24, 2.45) is 0 Å². The largest absolute Gasteiger partial charge is 0.497 e. The van der Waals surface area contributed by atoms with Crippen LogP contribution >= 0.6 is 22.6 Å². The SMILES string of the molecule is COc1ccc2c(c1)[C@@]1(C[C@@H]1c1ccc3c(I)n[nH]c3c1)C(=O)N2. The number of aromatic amines is 1. The monoisotopic (exact) mass is 431 g/mol. The first-order chi connectivity index (χ1) is 11.6. The number of hydrogen-bond donors (Lipinski definition) is 2. The van der Waals surface area contributed by atoms with Crippen LogP contribution in [0, 0.1) is 3.70 Å². The number of nitrogens with zero attached hydrogens (tertiary/aromatic N) is 1. The molecule has 2 aliphatic rings. The van der Waals surface area contributed by atoms with Gasteiger partial charge in [0, 0.05) is 17.0 Å². The molecule has 2 heterocycles. The summed E-state index contributed by atoms with van der Waals surface area (Å²) < 4.78 is 6.31. The second-order valence-electron chi connectivity index (χ2n) is 6.41. The molecule has 1 fully saturated rings. The van der Waals surface area contributed by atoms with E-state index in [0.717, 1.165) is 38.0 Å². The van der Waals surface area contributed by atoms with Crippen LogP contribution in [0.25, 0.3) is 10.9 Å². The van der Waals surface area contributed by atoms with Gasteiger partial charge >= 0.3 is 0 Å². The van der Waals surface area contributed by atoms with Crippen LogP contribution < -0.4 is 10.1 Å². The first kappa shape index (κ1) is 14.3. The third kappa shape index (κ3) is 1.74. The fourth-order valence-electron chi connectivity index (χ4n) is 3.92. The average molecular weight is 431 g/mol. The zero-order chi connectivity index (χ0) is 16.5. The lowest BCUT2D eigenvalue weighted by molar-refractivity contribution is -0.118. The summed E-state index contributed by atoms with van der Waals surface area (Å²) in [5.74, 6) is 1.07. The minimum Gasteiger partial charge on any atom is -0.497 e. The fourth-order valence-corrected chi connectivity index (χ4v) is 4.51. The first-order valence-corrected chi connectivity index (χ1v) is 8.85. The molecule has 1 spiro atoms. The Labute approximate surface area is 151 Å². The van der Waals surface area contributed by atoms with E-state index in [1.807, 2.05) is 18.2 Å². The Morgan fingerprint density at radius 1 is 1.29 bits per heavy atom. The van der Waals surface area contributed by atoms with Crippen LogP contribution in [-0.2, 0) is 10.2 Å². The molecule has 1 amide bonds. The van der Waals surface area contributed by atoms with Gasteiger partial charge in [0.15, 0.2) is 0 Å². The summed E-state index contributed by atoms with van der Waals surface area (Å²) in [5.41, 5.74) is 3.69. The maximum atomic E-state index is 12.7. The Kier molecular flexibility index (Phi) is 2.81. The average Bonchev–Trinajstić information content (AvgIpc) is 3.17. The maximum Gasteiger partial charge on any atom is 0.235 e. The highest BCUT2D eigenvalue weighted by molar-refractivity contribution is 14.1. The van der Waals surface area contributed by atoms with Crippen molar-refractivity contribution in [3.8, 4) is 5.75 Å². The molecule has 3 aromatic rings. The molecule has 1 aliphatic heterocycles. The summed E-state index contributed by atoms with van der Waals surface area (Å²) >= 11 is 2.22. The lowest BCUT2D eigenvalue weighted by atomic mass is 9.91. The number of hydrogen-bond acceptors (Lipinski definition) is 3. The van der Waals surface area contributed by atoms with Crippen molar-refractivity contribution < 1.29 is 9.53 Å². The van der Waals surface area contributed by atoms with E-state index >= 15 is 0 Å². The number of rotatable bonds is 2. The van der Waals surface area contributed by atoms with E-state index in [1.165, 1.54) is 5.56 Å². The predicted octanol–water partition coefficient (Wildman–Crippen LogP) is 3.55. The van der Waals surface area contributed by atoms with Gasteiger partial charge in [-0.25, -0.2) is 0 Å². The van der Waals surface area contributed by atoms with Crippen LogP contribution in [-0.4, -0.2) is 23.2 Å². The predicted molar refractivity (Wildman–Crippen MR) is 99.5 cm³/mol. The number of fused-ring (bicyclic) bond motifs is 3. The van der Waals surface area contributed by atoms with Crippen molar-refractivity contribution in [2.75, 3.05) is 12.4 Å². The lowest BCUT2D eigenvalue weighted by Crippen LogP contribution is -2.21. The number of benzene rings is 2.